The predicted octanol–water partition coefficient (Wildman–Crippen LogP) is 2.74. The van der Waals surface area contributed by atoms with Crippen LogP contribution in [-0.4, -0.2) is 15.5 Å². The van der Waals surface area contributed by atoms with E-state index in [2.05, 4.69) is 0 Å². The molecular formula is C11H14F3NO2S. The molecule has 0 aliphatic carbocycles. The van der Waals surface area contributed by atoms with Crippen molar-refractivity contribution in [3.63, 3.8) is 0 Å². The minimum absolute atomic E-state index is 0.0811. The van der Waals surface area contributed by atoms with Crippen molar-refractivity contribution in [2.75, 3.05) is 7.05 Å². The third-order valence-corrected chi connectivity index (χ3v) is 3.94. The summed E-state index contributed by atoms with van der Waals surface area (Å²) in [5.74, 6) is -0.340. The smallest absolute Gasteiger partial charge is 0.214 e. The number of sulfonamides is 1. The maximum atomic E-state index is 12.9. The average Bonchev–Trinajstić information content (AvgIpc) is 2.27. The first kappa shape index (κ1) is 15.0. The Balaban J connectivity index is 3.50. The molecule has 1 rings (SSSR count). The molecule has 0 saturated heterocycles. The first-order valence-electron chi connectivity index (χ1n) is 5.24. The predicted molar refractivity (Wildman–Crippen MR) is 61.8 cm³/mol. The molecule has 0 spiro atoms. The highest BCUT2D eigenvalue weighted by molar-refractivity contribution is 7.89. The molecule has 18 heavy (non-hydrogen) atoms. The van der Waals surface area contributed by atoms with Crippen molar-refractivity contribution in [1.82, 2.24) is 4.72 Å². The van der Waals surface area contributed by atoms with Gasteiger partial charge in [-0.3, -0.25) is 0 Å². The molecule has 0 amide bonds. The summed E-state index contributed by atoms with van der Waals surface area (Å²) in [6, 6.07) is 3.05. The van der Waals surface area contributed by atoms with E-state index in [0.717, 1.165) is 7.05 Å². The number of alkyl halides is 3. The van der Waals surface area contributed by atoms with E-state index in [1.165, 1.54) is 12.1 Å². The SMILES string of the molecule is CNS(=O)(=O)c1ccc(C(C)C)c(C(F)(F)F)c1. The molecule has 3 nitrogen and oxygen atoms in total. The molecule has 1 aromatic carbocycles. The van der Waals surface area contributed by atoms with Crippen molar-refractivity contribution >= 4 is 10.0 Å². The fourth-order valence-electron chi connectivity index (χ4n) is 1.57. The maximum absolute atomic E-state index is 12.9. The third kappa shape index (κ3) is 3.02. The van der Waals surface area contributed by atoms with Crippen molar-refractivity contribution in [3.8, 4) is 0 Å². The Kier molecular flexibility index (Phi) is 4.07. The van der Waals surface area contributed by atoms with Gasteiger partial charge in [-0.25, -0.2) is 13.1 Å². The highest BCUT2D eigenvalue weighted by Gasteiger charge is 2.35. The van der Waals surface area contributed by atoms with Gasteiger partial charge in [0.1, 0.15) is 0 Å². The molecule has 0 unspecified atom stereocenters. The summed E-state index contributed by atoms with van der Waals surface area (Å²) >= 11 is 0. The van der Waals surface area contributed by atoms with Crippen LogP contribution in [0, 0.1) is 0 Å². The number of hydrogen-bond donors (Lipinski definition) is 1. The van der Waals surface area contributed by atoms with Crippen LogP contribution in [0.4, 0.5) is 13.2 Å². The Labute approximate surface area is 104 Å². The Morgan fingerprint density at radius 1 is 1.22 bits per heavy atom. The van der Waals surface area contributed by atoms with Gasteiger partial charge in [0, 0.05) is 0 Å². The summed E-state index contributed by atoms with van der Waals surface area (Å²) in [6.45, 7) is 3.24. The Morgan fingerprint density at radius 3 is 2.17 bits per heavy atom. The van der Waals surface area contributed by atoms with Crippen molar-refractivity contribution < 1.29 is 21.6 Å². The fraction of sp³-hybridized carbons (Fsp3) is 0.455. The van der Waals surface area contributed by atoms with Gasteiger partial charge in [-0.05, 0) is 30.7 Å². The van der Waals surface area contributed by atoms with Crippen LogP contribution in [-0.2, 0) is 16.2 Å². The standard InChI is InChI=1S/C11H14F3NO2S/c1-7(2)9-5-4-8(18(16,17)15-3)6-10(9)11(12,13)14/h4-7,15H,1-3H3. The molecule has 0 atom stereocenters. The minimum atomic E-state index is -4.57. The third-order valence-electron chi connectivity index (χ3n) is 2.53. The average molecular weight is 281 g/mol. The van der Waals surface area contributed by atoms with Gasteiger partial charge < -0.3 is 0 Å². The van der Waals surface area contributed by atoms with E-state index in [1.807, 2.05) is 4.72 Å². The summed E-state index contributed by atoms with van der Waals surface area (Å²) in [5.41, 5.74) is -0.827. The summed E-state index contributed by atoms with van der Waals surface area (Å²) in [6.07, 6.45) is -4.57. The van der Waals surface area contributed by atoms with E-state index in [1.54, 1.807) is 13.8 Å². The molecular weight excluding hydrogens is 267 g/mol. The van der Waals surface area contributed by atoms with Gasteiger partial charge >= 0.3 is 6.18 Å². The first-order chi connectivity index (χ1) is 8.09. The quantitative estimate of drug-likeness (QED) is 0.926. The topological polar surface area (TPSA) is 46.2 Å². The monoisotopic (exact) mass is 281 g/mol. The Morgan fingerprint density at radius 2 is 1.78 bits per heavy atom. The molecule has 0 aliphatic heterocycles. The summed E-state index contributed by atoms with van der Waals surface area (Å²) in [5, 5.41) is 0. The molecule has 7 heteroatoms. The zero-order valence-electron chi connectivity index (χ0n) is 10.2. The zero-order chi connectivity index (χ0) is 14.1. The van der Waals surface area contributed by atoms with Crippen molar-refractivity contribution in [2.45, 2.75) is 30.8 Å². The van der Waals surface area contributed by atoms with Gasteiger partial charge in [0.2, 0.25) is 10.0 Å². The van der Waals surface area contributed by atoms with Gasteiger partial charge in [-0.2, -0.15) is 13.2 Å². The second-order valence-electron chi connectivity index (χ2n) is 4.11. The molecule has 0 aromatic heterocycles. The molecule has 0 aliphatic rings. The normalized spacial score (nSPS) is 13.1. The van der Waals surface area contributed by atoms with E-state index in [4.69, 9.17) is 0 Å². The molecule has 0 fully saturated rings. The van der Waals surface area contributed by atoms with Gasteiger partial charge in [0.05, 0.1) is 10.5 Å². The number of halogens is 3. The van der Waals surface area contributed by atoms with Crippen LogP contribution in [0.5, 0.6) is 0 Å². The molecule has 0 heterocycles. The van der Waals surface area contributed by atoms with Crippen LogP contribution < -0.4 is 4.72 Å². The lowest BCUT2D eigenvalue weighted by atomic mass is 9.97. The van der Waals surface area contributed by atoms with Crippen LogP contribution in [0.3, 0.4) is 0 Å². The lowest BCUT2D eigenvalue weighted by Crippen LogP contribution is -2.20. The van der Waals surface area contributed by atoms with Crippen LogP contribution in [0.2, 0.25) is 0 Å². The van der Waals surface area contributed by atoms with Crippen molar-refractivity contribution in [2.24, 2.45) is 0 Å². The number of benzene rings is 1. The molecule has 1 aromatic rings. The van der Waals surface area contributed by atoms with Gasteiger partial charge in [-0.1, -0.05) is 19.9 Å². The van der Waals surface area contributed by atoms with Crippen LogP contribution in [0.25, 0.3) is 0 Å². The Bertz CT molecular complexity index is 536. The van der Waals surface area contributed by atoms with Crippen molar-refractivity contribution in [1.29, 1.82) is 0 Å². The van der Waals surface area contributed by atoms with Crippen LogP contribution in [0.1, 0.15) is 30.9 Å². The summed E-state index contributed by atoms with van der Waals surface area (Å²) in [7, 11) is -2.72. The number of nitrogens with one attached hydrogen (secondary N) is 1. The minimum Gasteiger partial charge on any atom is -0.214 e. The highest BCUT2D eigenvalue weighted by Crippen LogP contribution is 2.36. The van der Waals surface area contributed by atoms with Crippen LogP contribution >= 0.6 is 0 Å². The number of hydrogen-bond acceptors (Lipinski definition) is 2. The molecule has 0 radical (unpaired) electrons. The lowest BCUT2D eigenvalue weighted by molar-refractivity contribution is -0.138. The molecule has 102 valence electrons. The van der Waals surface area contributed by atoms with E-state index in [9.17, 15) is 21.6 Å². The molecule has 0 bridgehead atoms. The summed E-state index contributed by atoms with van der Waals surface area (Å²) < 4.78 is 63.6. The van der Waals surface area contributed by atoms with E-state index in [0.29, 0.717) is 6.07 Å². The van der Waals surface area contributed by atoms with E-state index >= 15 is 0 Å². The number of rotatable bonds is 3. The first-order valence-corrected chi connectivity index (χ1v) is 6.72. The maximum Gasteiger partial charge on any atom is 0.416 e. The van der Waals surface area contributed by atoms with E-state index in [-0.39, 0.29) is 16.4 Å². The van der Waals surface area contributed by atoms with Gasteiger partial charge in [0.15, 0.2) is 0 Å². The van der Waals surface area contributed by atoms with Gasteiger partial charge in [0.25, 0.3) is 0 Å². The van der Waals surface area contributed by atoms with Crippen LogP contribution in [0.15, 0.2) is 23.1 Å². The second-order valence-corrected chi connectivity index (χ2v) is 6.00. The second kappa shape index (κ2) is 4.89. The zero-order valence-corrected chi connectivity index (χ0v) is 11.0. The highest BCUT2D eigenvalue weighted by atomic mass is 32.2. The molecule has 0 saturated carbocycles. The van der Waals surface area contributed by atoms with Gasteiger partial charge in [-0.15, -0.1) is 0 Å². The summed E-state index contributed by atoms with van der Waals surface area (Å²) in [4.78, 5) is -0.387. The van der Waals surface area contributed by atoms with Crippen molar-refractivity contribution in [3.05, 3.63) is 29.3 Å². The largest absolute Gasteiger partial charge is 0.416 e. The molecule has 1 N–H and O–H groups in total. The fourth-order valence-corrected chi connectivity index (χ4v) is 2.33. The lowest BCUT2D eigenvalue weighted by Gasteiger charge is -2.16. The Hall–Kier alpha value is -1.08. The van der Waals surface area contributed by atoms with E-state index < -0.39 is 21.8 Å².